The van der Waals surface area contributed by atoms with Crippen molar-refractivity contribution < 1.29 is 4.74 Å². The van der Waals surface area contributed by atoms with E-state index in [-0.39, 0.29) is 0 Å². The van der Waals surface area contributed by atoms with E-state index in [1.165, 1.54) is 19.4 Å². The molecule has 0 radical (unpaired) electrons. The normalized spacial score (nSPS) is 13.5. The van der Waals surface area contributed by atoms with Crippen molar-refractivity contribution >= 4 is 0 Å². The Kier molecular flexibility index (Phi) is 9.35. The van der Waals surface area contributed by atoms with Gasteiger partial charge in [-0.25, -0.2) is 0 Å². The molecule has 0 saturated heterocycles. The van der Waals surface area contributed by atoms with Crippen LogP contribution in [-0.2, 0) is 4.74 Å². The van der Waals surface area contributed by atoms with Crippen LogP contribution in [0.2, 0.25) is 0 Å². The van der Waals surface area contributed by atoms with Gasteiger partial charge in [-0.2, -0.15) is 0 Å². The van der Waals surface area contributed by atoms with Gasteiger partial charge in [-0.3, -0.25) is 0 Å². The largest absolute Gasteiger partial charge is 0.383 e. The highest BCUT2D eigenvalue weighted by atomic mass is 16.5. The predicted octanol–water partition coefficient (Wildman–Crippen LogP) is 1.34. The molecule has 0 aliphatic rings. The Morgan fingerprint density at radius 2 is 2.07 bits per heavy atom. The number of ether oxygens (including phenoxy) is 1. The van der Waals surface area contributed by atoms with Crippen molar-refractivity contribution in [2.24, 2.45) is 0 Å². The summed E-state index contributed by atoms with van der Waals surface area (Å²) in [6, 6.07) is 0.455. The van der Waals surface area contributed by atoms with E-state index in [1.807, 2.05) is 7.05 Å². The number of nitrogens with one attached hydrogen (secondary N) is 1. The van der Waals surface area contributed by atoms with Gasteiger partial charge in [-0.05, 0) is 26.6 Å². The summed E-state index contributed by atoms with van der Waals surface area (Å²) in [5.74, 6) is 0. The Morgan fingerprint density at radius 1 is 1.36 bits per heavy atom. The van der Waals surface area contributed by atoms with Gasteiger partial charge in [0.1, 0.15) is 0 Å². The maximum atomic E-state index is 5.16. The molecule has 0 aromatic heterocycles. The second kappa shape index (κ2) is 9.44. The zero-order valence-corrected chi connectivity index (χ0v) is 10.2. The fourth-order valence-electron chi connectivity index (χ4n) is 1.50. The smallest absolute Gasteiger partial charge is 0.0628 e. The lowest BCUT2D eigenvalue weighted by atomic mass is 10.2. The standard InChI is InChI=1S/C11H26N2O/c1-5-7-8-13(6-2)9-11(12-3)10-14-4/h11-12H,5-10H2,1-4H3. The maximum Gasteiger partial charge on any atom is 0.0628 e. The molecular formula is C11H26N2O. The van der Waals surface area contributed by atoms with E-state index in [4.69, 9.17) is 4.74 Å². The minimum absolute atomic E-state index is 0.455. The highest BCUT2D eigenvalue weighted by Crippen LogP contribution is 1.97. The van der Waals surface area contributed by atoms with Crippen molar-refractivity contribution in [2.45, 2.75) is 32.7 Å². The molecule has 3 nitrogen and oxygen atoms in total. The molecule has 0 bridgehead atoms. The van der Waals surface area contributed by atoms with E-state index in [2.05, 4.69) is 24.1 Å². The van der Waals surface area contributed by atoms with E-state index in [1.54, 1.807) is 7.11 Å². The van der Waals surface area contributed by atoms with E-state index < -0.39 is 0 Å². The van der Waals surface area contributed by atoms with Gasteiger partial charge in [0, 0.05) is 19.7 Å². The van der Waals surface area contributed by atoms with Crippen LogP contribution in [0, 0.1) is 0 Å². The van der Waals surface area contributed by atoms with Gasteiger partial charge < -0.3 is 15.0 Å². The summed E-state index contributed by atoms with van der Waals surface area (Å²) in [4.78, 5) is 2.48. The Bertz CT molecular complexity index is 120. The molecule has 0 rings (SSSR count). The van der Waals surface area contributed by atoms with Gasteiger partial charge in [-0.15, -0.1) is 0 Å². The van der Waals surface area contributed by atoms with Crippen LogP contribution in [0.1, 0.15) is 26.7 Å². The Balaban J connectivity index is 3.75. The quantitative estimate of drug-likeness (QED) is 0.611. The lowest BCUT2D eigenvalue weighted by Gasteiger charge is -2.25. The number of hydrogen-bond acceptors (Lipinski definition) is 3. The molecule has 1 N–H and O–H groups in total. The fraction of sp³-hybridized carbons (Fsp3) is 1.00. The molecule has 14 heavy (non-hydrogen) atoms. The second-order valence-corrected chi connectivity index (χ2v) is 3.69. The molecule has 86 valence electrons. The number of unbranched alkanes of at least 4 members (excludes halogenated alkanes) is 1. The van der Waals surface area contributed by atoms with Crippen LogP contribution in [0.15, 0.2) is 0 Å². The molecule has 0 heterocycles. The van der Waals surface area contributed by atoms with E-state index in [0.29, 0.717) is 6.04 Å². The molecular weight excluding hydrogens is 176 g/mol. The maximum absolute atomic E-state index is 5.16. The molecule has 0 aliphatic carbocycles. The summed E-state index contributed by atoms with van der Waals surface area (Å²) in [6.45, 7) is 8.66. The number of nitrogens with zero attached hydrogens (tertiary/aromatic N) is 1. The lowest BCUT2D eigenvalue weighted by molar-refractivity contribution is 0.142. The van der Waals surface area contributed by atoms with Crippen molar-refractivity contribution in [3.8, 4) is 0 Å². The van der Waals surface area contributed by atoms with Crippen molar-refractivity contribution in [2.75, 3.05) is 40.4 Å². The van der Waals surface area contributed by atoms with Gasteiger partial charge in [-0.1, -0.05) is 20.3 Å². The molecule has 0 aliphatic heterocycles. The molecule has 0 spiro atoms. The Morgan fingerprint density at radius 3 is 2.50 bits per heavy atom. The summed E-state index contributed by atoms with van der Waals surface area (Å²) in [6.07, 6.45) is 2.56. The zero-order valence-electron chi connectivity index (χ0n) is 10.2. The monoisotopic (exact) mass is 202 g/mol. The van der Waals surface area contributed by atoms with Crippen LogP contribution in [0.3, 0.4) is 0 Å². The van der Waals surface area contributed by atoms with Crippen LogP contribution in [0.25, 0.3) is 0 Å². The molecule has 0 amide bonds. The van der Waals surface area contributed by atoms with Crippen molar-refractivity contribution in [1.29, 1.82) is 0 Å². The predicted molar refractivity (Wildman–Crippen MR) is 61.7 cm³/mol. The van der Waals surface area contributed by atoms with Crippen LogP contribution in [0.4, 0.5) is 0 Å². The highest BCUT2D eigenvalue weighted by Gasteiger charge is 2.10. The molecule has 1 unspecified atom stereocenters. The van der Waals surface area contributed by atoms with Crippen molar-refractivity contribution in [1.82, 2.24) is 10.2 Å². The zero-order chi connectivity index (χ0) is 10.8. The Hall–Kier alpha value is -0.120. The summed E-state index contributed by atoms with van der Waals surface area (Å²) in [5, 5.41) is 3.28. The third kappa shape index (κ3) is 6.35. The fourth-order valence-corrected chi connectivity index (χ4v) is 1.50. The number of hydrogen-bond donors (Lipinski definition) is 1. The summed E-state index contributed by atoms with van der Waals surface area (Å²) in [7, 11) is 3.75. The van der Waals surface area contributed by atoms with Crippen molar-refractivity contribution in [3.63, 3.8) is 0 Å². The van der Waals surface area contributed by atoms with Crippen LogP contribution < -0.4 is 5.32 Å². The first-order valence-corrected chi connectivity index (χ1v) is 5.66. The van der Waals surface area contributed by atoms with Crippen LogP contribution in [0.5, 0.6) is 0 Å². The Labute approximate surface area is 88.8 Å². The van der Waals surface area contributed by atoms with E-state index >= 15 is 0 Å². The van der Waals surface area contributed by atoms with Gasteiger partial charge >= 0.3 is 0 Å². The van der Waals surface area contributed by atoms with E-state index in [9.17, 15) is 0 Å². The molecule has 0 aromatic carbocycles. The lowest BCUT2D eigenvalue weighted by Crippen LogP contribution is -2.42. The third-order valence-corrected chi connectivity index (χ3v) is 2.53. The topological polar surface area (TPSA) is 24.5 Å². The SMILES string of the molecule is CCCCN(CC)CC(COC)NC. The summed E-state index contributed by atoms with van der Waals surface area (Å²) >= 11 is 0. The van der Waals surface area contributed by atoms with Gasteiger partial charge in [0.05, 0.1) is 6.61 Å². The minimum Gasteiger partial charge on any atom is -0.383 e. The summed E-state index contributed by atoms with van der Waals surface area (Å²) < 4.78 is 5.16. The average molecular weight is 202 g/mol. The molecule has 0 saturated carbocycles. The average Bonchev–Trinajstić information content (AvgIpc) is 2.22. The number of likely N-dealkylation sites (N-methyl/N-ethyl adjacent to an activating group) is 2. The summed E-state index contributed by atoms with van der Waals surface area (Å²) in [5.41, 5.74) is 0. The molecule has 0 fully saturated rings. The molecule has 3 heteroatoms. The van der Waals surface area contributed by atoms with Gasteiger partial charge in [0.15, 0.2) is 0 Å². The number of rotatable bonds is 9. The van der Waals surface area contributed by atoms with Crippen LogP contribution in [-0.4, -0.2) is 51.3 Å². The first kappa shape index (κ1) is 13.9. The molecule has 1 atom stereocenters. The van der Waals surface area contributed by atoms with Crippen LogP contribution >= 0.6 is 0 Å². The highest BCUT2D eigenvalue weighted by molar-refractivity contribution is 4.69. The van der Waals surface area contributed by atoms with Gasteiger partial charge in [0.25, 0.3) is 0 Å². The second-order valence-electron chi connectivity index (χ2n) is 3.69. The van der Waals surface area contributed by atoms with Gasteiger partial charge in [0.2, 0.25) is 0 Å². The first-order valence-electron chi connectivity index (χ1n) is 5.66. The first-order chi connectivity index (χ1) is 6.78. The third-order valence-electron chi connectivity index (χ3n) is 2.53. The number of methoxy groups -OCH3 is 1. The van der Waals surface area contributed by atoms with E-state index in [0.717, 1.165) is 19.7 Å². The van der Waals surface area contributed by atoms with Crippen molar-refractivity contribution in [3.05, 3.63) is 0 Å². The molecule has 0 aromatic rings. The minimum atomic E-state index is 0.455.